The number of pyridine rings is 1. The minimum absolute atomic E-state index is 0.00971. The van der Waals surface area contributed by atoms with Gasteiger partial charge in [-0.25, -0.2) is 18.4 Å². The fraction of sp³-hybridized carbons (Fsp3) is 0.364. The van der Waals surface area contributed by atoms with Gasteiger partial charge < -0.3 is 10.6 Å². The Balaban J connectivity index is 1.63. The van der Waals surface area contributed by atoms with E-state index in [4.69, 9.17) is 0 Å². The summed E-state index contributed by atoms with van der Waals surface area (Å²) in [4.78, 5) is 32.6. The number of nitrogens with one attached hydrogen (secondary N) is 2. The van der Waals surface area contributed by atoms with Crippen LogP contribution in [0.2, 0.25) is 0 Å². The molecule has 0 aliphatic heterocycles. The lowest BCUT2D eigenvalue weighted by molar-refractivity contribution is -0.130. The number of carbonyl (C=O) groups is 2. The lowest BCUT2D eigenvalue weighted by atomic mass is 10.1. The van der Waals surface area contributed by atoms with Gasteiger partial charge in [-0.2, -0.15) is 17.6 Å². The molecule has 2 amide bonds. The highest BCUT2D eigenvalue weighted by Gasteiger charge is 2.40. The average Bonchev–Trinajstić information content (AvgIpc) is 3.52. The molecule has 0 spiro atoms. The topological polar surface area (TPSA) is 118 Å². The summed E-state index contributed by atoms with van der Waals surface area (Å²) in [5, 5.41) is 2.59. The molecule has 1 aliphatic rings. The monoisotopic (exact) mass is 544 g/mol. The molecule has 1 aromatic carbocycles. The Morgan fingerprint density at radius 3 is 2.50 bits per heavy atom. The van der Waals surface area contributed by atoms with Crippen LogP contribution in [0.4, 0.5) is 17.6 Å². The maximum absolute atomic E-state index is 13.1. The highest BCUT2D eigenvalue weighted by molar-refractivity contribution is 7.92. The fourth-order valence-electron chi connectivity index (χ4n) is 3.35. The number of hydrogen-bond acceptors (Lipinski definition) is 7. The molecule has 2 aromatic heterocycles. The summed E-state index contributed by atoms with van der Waals surface area (Å²) in [5.41, 5.74) is 1.51. The second-order valence-corrected chi connectivity index (χ2v) is 11.5. The number of halogens is 4. The average molecular weight is 545 g/mol. The number of alkyl halides is 3. The summed E-state index contributed by atoms with van der Waals surface area (Å²) in [6, 6.07) is 7.49. The molecule has 1 unspecified atom stereocenters. The first-order valence-corrected chi connectivity index (χ1v) is 13.3. The zero-order chi connectivity index (χ0) is 26.1. The summed E-state index contributed by atoms with van der Waals surface area (Å²) in [6.07, 6.45) is -3.47. The van der Waals surface area contributed by atoms with E-state index in [-0.39, 0.29) is 11.0 Å². The van der Waals surface area contributed by atoms with Crippen LogP contribution in [0.1, 0.15) is 29.5 Å². The van der Waals surface area contributed by atoms with Crippen LogP contribution in [0.25, 0.3) is 21.3 Å². The molecule has 0 saturated heterocycles. The van der Waals surface area contributed by atoms with Gasteiger partial charge in [0.1, 0.15) is 5.01 Å². The number of hydrogen-bond donors (Lipinski definition) is 2. The van der Waals surface area contributed by atoms with Crippen LogP contribution in [-0.2, 0) is 19.4 Å². The van der Waals surface area contributed by atoms with Gasteiger partial charge in [-0.05, 0) is 42.7 Å². The zero-order valence-electron chi connectivity index (χ0n) is 18.5. The predicted octanol–water partition coefficient (Wildman–Crippen LogP) is 3.30. The number of benzene rings is 1. The molecule has 0 bridgehead atoms. The molecule has 2 heterocycles. The normalized spacial score (nSPS) is 15.0. The van der Waals surface area contributed by atoms with E-state index in [0.717, 1.165) is 24.2 Å². The number of carbonyl (C=O) groups excluding carboxylic acids is 2. The lowest BCUT2D eigenvalue weighted by Crippen LogP contribution is -2.41. The van der Waals surface area contributed by atoms with Crippen LogP contribution in [0.3, 0.4) is 0 Å². The molecule has 2 N–H and O–H groups in total. The number of rotatable bonds is 9. The molecule has 1 aliphatic carbocycles. The van der Waals surface area contributed by atoms with E-state index in [2.05, 4.69) is 20.6 Å². The van der Waals surface area contributed by atoms with Crippen LogP contribution in [0.15, 0.2) is 36.5 Å². The smallest absolute Gasteiger partial charge is 0.352 e. The first-order chi connectivity index (χ1) is 16.9. The van der Waals surface area contributed by atoms with Gasteiger partial charge in [-0.3, -0.25) is 9.59 Å². The molecule has 192 valence electrons. The van der Waals surface area contributed by atoms with E-state index in [1.54, 1.807) is 18.2 Å². The summed E-state index contributed by atoms with van der Waals surface area (Å²) in [7, 11) is -4.65. The molecule has 8 nitrogen and oxygen atoms in total. The van der Waals surface area contributed by atoms with Crippen LogP contribution < -0.4 is 10.6 Å². The minimum Gasteiger partial charge on any atom is -0.352 e. The lowest BCUT2D eigenvalue weighted by Gasteiger charge is -2.16. The van der Waals surface area contributed by atoms with E-state index in [1.165, 1.54) is 18.3 Å². The second-order valence-electron chi connectivity index (χ2n) is 8.28. The number of thiazole rings is 1. The first kappa shape index (κ1) is 25.9. The van der Waals surface area contributed by atoms with Crippen molar-refractivity contribution < 1.29 is 35.6 Å². The van der Waals surface area contributed by atoms with Crippen LogP contribution in [0, 0.1) is 5.95 Å². The molecule has 1 atom stereocenters. The summed E-state index contributed by atoms with van der Waals surface area (Å²) in [6.45, 7) is -0.521. The minimum atomic E-state index is -4.75. The maximum atomic E-state index is 13.1. The number of aromatic nitrogens is 2. The Kier molecular flexibility index (Phi) is 7.27. The SMILES string of the molecule is O=C(CNC(=O)C(c1nc2ccc(-c3ccc(F)nc3)cc2s1)S(=O)(=O)CCC(F)(F)F)NC1CC1. The number of amides is 2. The van der Waals surface area contributed by atoms with Crippen molar-refractivity contribution >= 4 is 43.2 Å². The largest absolute Gasteiger partial charge is 0.390 e. The van der Waals surface area contributed by atoms with Gasteiger partial charge in [0.2, 0.25) is 17.8 Å². The van der Waals surface area contributed by atoms with Crippen molar-refractivity contribution in [2.75, 3.05) is 12.3 Å². The molecule has 14 heteroatoms. The number of nitrogens with zero attached hydrogens (tertiary/aromatic N) is 2. The van der Waals surface area contributed by atoms with Crippen LogP contribution in [0.5, 0.6) is 0 Å². The summed E-state index contributed by atoms with van der Waals surface area (Å²) >= 11 is 0.833. The van der Waals surface area contributed by atoms with Crippen molar-refractivity contribution in [3.63, 3.8) is 0 Å². The van der Waals surface area contributed by atoms with Crippen molar-refractivity contribution in [3.05, 3.63) is 47.5 Å². The zero-order valence-corrected chi connectivity index (χ0v) is 20.1. The van der Waals surface area contributed by atoms with Gasteiger partial charge in [0.05, 0.1) is 28.9 Å². The van der Waals surface area contributed by atoms with Crippen LogP contribution >= 0.6 is 11.3 Å². The van der Waals surface area contributed by atoms with Crippen molar-refractivity contribution in [2.24, 2.45) is 0 Å². The fourth-order valence-corrected chi connectivity index (χ4v) is 6.44. The molecule has 1 saturated carbocycles. The standard InChI is InChI=1S/C22H20F4N4O4S2/c23-17-6-2-13(10-27-17)12-1-5-15-16(9-12)35-21(30-15)19(36(33,34)8-7-22(24,25)26)20(32)28-11-18(31)29-14-3-4-14/h1-2,5-6,9-10,14,19H,3-4,7-8,11H2,(H,28,32)(H,29,31). The van der Waals surface area contributed by atoms with Crippen LogP contribution in [-0.4, -0.2) is 54.7 Å². The Morgan fingerprint density at radius 2 is 1.86 bits per heavy atom. The third-order valence-corrected chi connectivity index (χ3v) is 8.48. The Morgan fingerprint density at radius 1 is 1.14 bits per heavy atom. The van der Waals surface area contributed by atoms with E-state index in [1.807, 2.05) is 0 Å². The van der Waals surface area contributed by atoms with Crippen molar-refractivity contribution in [1.82, 2.24) is 20.6 Å². The Bertz CT molecular complexity index is 1390. The Labute approximate surface area is 207 Å². The van der Waals surface area contributed by atoms with Gasteiger partial charge in [-0.1, -0.05) is 6.07 Å². The highest BCUT2D eigenvalue weighted by Crippen LogP contribution is 2.35. The van der Waals surface area contributed by atoms with E-state index < -0.39 is 57.7 Å². The van der Waals surface area contributed by atoms with E-state index in [0.29, 0.717) is 21.3 Å². The van der Waals surface area contributed by atoms with E-state index >= 15 is 0 Å². The molecule has 0 radical (unpaired) electrons. The maximum Gasteiger partial charge on any atom is 0.390 e. The molecule has 1 fully saturated rings. The van der Waals surface area contributed by atoms with Gasteiger partial charge in [0.15, 0.2) is 15.1 Å². The highest BCUT2D eigenvalue weighted by atomic mass is 32.2. The Hall–Kier alpha value is -3.13. The molecule has 3 aromatic rings. The molecular formula is C22H20F4N4O4S2. The second kappa shape index (κ2) is 10.1. The number of fused-ring (bicyclic) bond motifs is 1. The van der Waals surface area contributed by atoms with Gasteiger partial charge in [0.25, 0.3) is 0 Å². The third-order valence-electron chi connectivity index (χ3n) is 5.32. The first-order valence-electron chi connectivity index (χ1n) is 10.8. The summed E-state index contributed by atoms with van der Waals surface area (Å²) < 4.78 is 77.7. The molecule has 36 heavy (non-hydrogen) atoms. The van der Waals surface area contributed by atoms with Gasteiger partial charge in [0, 0.05) is 17.8 Å². The number of sulfone groups is 1. The third kappa shape index (κ3) is 6.55. The predicted molar refractivity (Wildman–Crippen MR) is 124 cm³/mol. The molecular weight excluding hydrogens is 524 g/mol. The summed E-state index contributed by atoms with van der Waals surface area (Å²) in [5.74, 6) is -3.64. The van der Waals surface area contributed by atoms with Gasteiger partial charge in [-0.15, -0.1) is 11.3 Å². The van der Waals surface area contributed by atoms with Crippen molar-refractivity contribution in [1.29, 1.82) is 0 Å². The van der Waals surface area contributed by atoms with Crippen molar-refractivity contribution in [2.45, 2.75) is 36.7 Å². The quantitative estimate of drug-likeness (QED) is 0.315. The van der Waals surface area contributed by atoms with Crippen molar-refractivity contribution in [3.8, 4) is 11.1 Å². The van der Waals surface area contributed by atoms with Gasteiger partial charge >= 0.3 is 6.18 Å². The molecule has 4 rings (SSSR count). The van der Waals surface area contributed by atoms with E-state index in [9.17, 15) is 35.6 Å².